The quantitative estimate of drug-likeness (QED) is 0.845. The van der Waals surface area contributed by atoms with Crippen LogP contribution >= 0.6 is 0 Å². The van der Waals surface area contributed by atoms with Gasteiger partial charge < -0.3 is 10.2 Å². The van der Waals surface area contributed by atoms with E-state index in [1.165, 1.54) is 17.7 Å². The number of quaternary nitrogens is 1. The molecule has 7 nitrogen and oxygen atoms in total. The average Bonchev–Trinajstić information content (AvgIpc) is 3.07. The van der Waals surface area contributed by atoms with Crippen molar-refractivity contribution in [3.05, 3.63) is 29.2 Å². The van der Waals surface area contributed by atoms with Crippen molar-refractivity contribution in [2.24, 2.45) is 0 Å². The van der Waals surface area contributed by atoms with Crippen LogP contribution < -0.4 is 10.2 Å². The second-order valence-corrected chi connectivity index (χ2v) is 6.22. The van der Waals surface area contributed by atoms with Gasteiger partial charge in [0, 0.05) is 30.3 Å². The first-order valence-electron chi connectivity index (χ1n) is 8.04. The van der Waals surface area contributed by atoms with Crippen molar-refractivity contribution in [1.29, 1.82) is 0 Å². The number of hydrogen-bond donors (Lipinski definition) is 2. The van der Waals surface area contributed by atoms with Crippen LogP contribution in [-0.4, -0.2) is 45.3 Å². The monoisotopic (exact) mass is 315 g/mol. The van der Waals surface area contributed by atoms with E-state index in [-0.39, 0.29) is 5.91 Å². The number of aromatic nitrogens is 4. The van der Waals surface area contributed by atoms with Gasteiger partial charge in [-0.15, -0.1) is 0 Å². The van der Waals surface area contributed by atoms with Crippen molar-refractivity contribution in [3.63, 3.8) is 0 Å². The summed E-state index contributed by atoms with van der Waals surface area (Å²) in [4.78, 5) is 22.5. The molecule has 1 saturated heterocycles. The molecule has 7 heteroatoms. The molecule has 1 aliphatic rings. The van der Waals surface area contributed by atoms with Crippen LogP contribution in [0.5, 0.6) is 0 Å². The number of hydrogen-bond acceptors (Lipinski definition) is 4. The van der Waals surface area contributed by atoms with Crippen molar-refractivity contribution in [2.75, 3.05) is 25.0 Å². The molecular weight excluding hydrogens is 292 g/mol. The van der Waals surface area contributed by atoms with E-state index < -0.39 is 0 Å². The molecule has 0 aromatic carbocycles. The molecule has 23 heavy (non-hydrogen) atoms. The zero-order valence-electron chi connectivity index (χ0n) is 13.9. The van der Waals surface area contributed by atoms with Gasteiger partial charge in [0.25, 0.3) is 11.9 Å². The Kier molecular flexibility index (Phi) is 4.38. The second kappa shape index (κ2) is 6.45. The zero-order valence-corrected chi connectivity index (χ0v) is 13.9. The van der Waals surface area contributed by atoms with Gasteiger partial charge in [-0.05, 0) is 26.8 Å². The molecule has 3 rings (SSSR count). The van der Waals surface area contributed by atoms with Gasteiger partial charge >= 0.3 is 0 Å². The Labute approximate surface area is 135 Å². The Bertz CT molecular complexity index is 697. The van der Waals surface area contributed by atoms with Crippen LogP contribution in [0, 0.1) is 20.8 Å². The normalized spacial score (nSPS) is 15.1. The van der Waals surface area contributed by atoms with Gasteiger partial charge in [-0.1, -0.05) is 0 Å². The van der Waals surface area contributed by atoms with Crippen molar-refractivity contribution in [1.82, 2.24) is 19.7 Å². The van der Waals surface area contributed by atoms with Crippen LogP contribution in [-0.2, 0) is 4.79 Å². The molecule has 1 fully saturated rings. The molecule has 0 unspecified atom stereocenters. The minimum absolute atomic E-state index is 0.00688. The number of rotatable bonds is 4. The fourth-order valence-electron chi connectivity index (χ4n) is 3.01. The number of nitrogens with one attached hydrogen (secondary N) is 2. The van der Waals surface area contributed by atoms with Gasteiger partial charge in [0.15, 0.2) is 6.54 Å². The number of nitrogens with zero attached hydrogens (tertiary/aromatic N) is 4. The fourth-order valence-corrected chi connectivity index (χ4v) is 3.01. The summed E-state index contributed by atoms with van der Waals surface area (Å²) < 4.78 is 1.60. The standard InChI is InChI=1S/C16H22N6O/c1-11-8-12(2)18-16(17-11)22-14(9-13(3)20-22)19-15(23)10-21-6-4-5-7-21/h8-9H,4-7,10H2,1-3H3,(H,19,23)/p+1. The molecule has 1 aliphatic heterocycles. The predicted molar refractivity (Wildman–Crippen MR) is 86.8 cm³/mol. The molecule has 3 heterocycles. The van der Waals surface area contributed by atoms with E-state index in [1.807, 2.05) is 32.9 Å². The van der Waals surface area contributed by atoms with Gasteiger partial charge in [-0.25, -0.2) is 9.97 Å². The topological polar surface area (TPSA) is 77.1 Å². The van der Waals surface area contributed by atoms with E-state index in [4.69, 9.17) is 0 Å². The highest BCUT2D eigenvalue weighted by molar-refractivity contribution is 5.90. The van der Waals surface area contributed by atoms with Crippen LogP contribution in [0.3, 0.4) is 0 Å². The van der Waals surface area contributed by atoms with E-state index in [2.05, 4.69) is 20.4 Å². The number of carbonyl (C=O) groups excluding carboxylic acids is 1. The number of amides is 1. The van der Waals surface area contributed by atoms with Gasteiger partial charge in [0.1, 0.15) is 5.82 Å². The lowest BCUT2D eigenvalue weighted by Crippen LogP contribution is -3.11. The summed E-state index contributed by atoms with van der Waals surface area (Å²) >= 11 is 0. The molecule has 0 spiro atoms. The van der Waals surface area contributed by atoms with Crippen molar-refractivity contribution >= 4 is 11.7 Å². The maximum Gasteiger partial charge on any atom is 0.280 e. The van der Waals surface area contributed by atoms with Gasteiger partial charge in [0.2, 0.25) is 0 Å². The van der Waals surface area contributed by atoms with E-state index in [9.17, 15) is 4.79 Å². The van der Waals surface area contributed by atoms with Crippen LogP contribution in [0.2, 0.25) is 0 Å². The van der Waals surface area contributed by atoms with Gasteiger partial charge in [0.05, 0.1) is 18.8 Å². The first-order valence-corrected chi connectivity index (χ1v) is 8.04. The average molecular weight is 315 g/mol. The Hall–Kier alpha value is -2.28. The summed E-state index contributed by atoms with van der Waals surface area (Å²) in [6.07, 6.45) is 2.41. The Morgan fingerprint density at radius 1 is 1.13 bits per heavy atom. The van der Waals surface area contributed by atoms with Crippen LogP contribution in [0.4, 0.5) is 5.82 Å². The lowest BCUT2D eigenvalue weighted by atomic mass is 10.4. The van der Waals surface area contributed by atoms with Crippen LogP contribution in [0.1, 0.15) is 29.9 Å². The largest absolute Gasteiger partial charge is 0.327 e. The van der Waals surface area contributed by atoms with Gasteiger partial charge in [-0.2, -0.15) is 9.78 Å². The van der Waals surface area contributed by atoms with Crippen molar-refractivity contribution in [2.45, 2.75) is 33.6 Å². The SMILES string of the molecule is Cc1cc(C)nc(-n2nc(C)cc2NC(=O)C[NH+]2CCCC2)n1. The highest BCUT2D eigenvalue weighted by atomic mass is 16.2. The third-order valence-electron chi connectivity index (χ3n) is 3.98. The Morgan fingerprint density at radius 3 is 2.43 bits per heavy atom. The maximum absolute atomic E-state index is 12.3. The zero-order chi connectivity index (χ0) is 16.4. The number of carbonyl (C=O) groups is 1. The van der Waals surface area contributed by atoms with E-state index in [0.29, 0.717) is 18.3 Å². The van der Waals surface area contributed by atoms with Crippen LogP contribution in [0.15, 0.2) is 12.1 Å². The lowest BCUT2D eigenvalue weighted by Gasteiger charge is -2.12. The lowest BCUT2D eigenvalue weighted by molar-refractivity contribution is -0.878. The Balaban J connectivity index is 1.81. The summed E-state index contributed by atoms with van der Waals surface area (Å²) in [6.45, 7) is 8.38. The highest BCUT2D eigenvalue weighted by Crippen LogP contribution is 2.15. The van der Waals surface area contributed by atoms with Crippen LogP contribution in [0.25, 0.3) is 5.95 Å². The minimum atomic E-state index is 0.00688. The van der Waals surface area contributed by atoms with E-state index >= 15 is 0 Å². The molecule has 1 amide bonds. The molecule has 2 N–H and O–H groups in total. The molecule has 0 bridgehead atoms. The molecule has 0 aliphatic carbocycles. The maximum atomic E-state index is 12.3. The molecule has 2 aromatic rings. The summed E-state index contributed by atoms with van der Waals surface area (Å²) in [7, 11) is 0. The molecule has 0 radical (unpaired) electrons. The predicted octanol–water partition coefficient (Wildman–Crippen LogP) is 0.205. The summed E-state index contributed by atoms with van der Waals surface area (Å²) in [5, 5.41) is 7.37. The fraction of sp³-hybridized carbons (Fsp3) is 0.500. The third kappa shape index (κ3) is 3.73. The van der Waals surface area contributed by atoms with Crippen molar-refractivity contribution < 1.29 is 9.69 Å². The second-order valence-electron chi connectivity index (χ2n) is 6.22. The molecule has 0 saturated carbocycles. The molecule has 0 atom stereocenters. The molecule has 122 valence electrons. The van der Waals surface area contributed by atoms with E-state index in [0.717, 1.165) is 30.2 Å². The minimum Gasteiger partial charge on any atom is -0.327 e. The number of aryl methyl sites for hydroxylation is 3. The van der Waals surface area contributed by atoms with Gasteiger partial charge in [-0.3, -0.25) is 4.79 Å². The highest BCUT2D eigenvalue weighted by Gasteiger charge is 2.20. The molecule has 2 aromatic heterocycles. The first-order chi connectivity index (χ1) is 11.0. The summed E-state index contributed by atoms with van der Waals surface area (Å²) in [5.41, 5.74) is 2.57. The third-order valence-corrected chi connectivity index (χ3v) is 3.98. The smallest absolute Gasteiger partial charge is 0.280 e. The Morgan fingerprint density at radius 2 is 1.78 bits per heavy atom. The number of anilines is 1. The van der Waals surface area contributed by atoms with E-state index in [1.54, 1.807) is 4.68 Å². The summed E-state index contributed by atoms with van der Waals surface area (Å²) in [6, 6.07) is 3.76. The molecular formula is C16H23N6O+. The van der Waals surface area contributed by atoms with Crippen molar-refractivity contribution in [3.8, 4) is 5.95 Å². The number of likely N-dealkylation sites (tertiary alicyclic amines) is 1. The summed E-state index contributed by atoms with van der Waals surface area (Å²) in [5.74, 6) is 1.11. The first kappa shape index (κ1) is 15.6.